The number of rotatable bonds is 5. The predicted octanol–water partition coefficient (Wildman–Crippen LogP) is 3.63. The lowest BCUT2D eigenvalue weighted by Gasteiger charge is -2.27. The van der Waals surface area contributed by atoms with Crippen LogP contribution in [0.5, 0.6) is 5.75 Å². The van der Waals surface area contributed by atoms with Crippen LogP contribution in [0, 0.1) is 5.92 Å². The highest BCUT2D eigenvalue weighted by molar-refractivity contribution is 6.01. The summed E-state index contributed by atoms with van der Waals surface area (Å²) >= 11 is 0. The number of aryl methyl sites for hydroxylation is 1. The molecule has 146 valence electrons. The summed E-state index contributed by atoms with van der Waals surface area (Å²) in [6.45, 7) is 2.84. The molecule has 1 heterocycles. The fourth-order valence-corrected chi connectivity index (χ4v) is 4.27. The van der Waals surface area contributed by atoms with Gasteiger partial charge in [0.1, 0.15) is 5.75 Å². The van der Waals surface area contributed by atoms with E-state index in [0.717, 1.165) is 24.9 Å². The van der Waals surface area contributed by atoms with Crippen LogP contribution in [0.3, 0.4) is 0 Å². The fraction of sp³-hybridized carbons (Fsp3) is 0.391. The Hall–Kier alpha value is -2.82. The molecule has 2 aromatic carbocycles. The van der Waals surface area contributed by atoms with Crippen molar-refractivity contribution >= 4 is 17.5 Å². The second-order valence-electron chi connectivity index (χ2n) is 7.46. The molecule has 5 heteroatoms. The molecule has 4 rings (SSSR count). The zero-order valence-electron chi connectivity index (χ0n) is 16.2. The number of fused-ring (bicyclic) bond motifs is 1. The Bertz CT molecular complexity index is 880. The average Bonchev–Trinajstić information content (AvgIpc) is 3.11. The van der Waals surface area contributed by atoms with Crippen LogP contribution >= 0.6 is 0 Å². The van der Waals surface area contributed by atoms with Crippen molar-refractivity contribution < 1.29 is 14.3 Å². The van der Waals surface area contributed by atoms with E-state index in [1.54, 1.807) is 4.90 Å². The van der Waals surface area contributed by atoms with Gasteiger partial charge in [0.15, 0.2) is 0 Å². The minimum absolute atomic E-state index is 0.0312. The number of carbonyl (C=O) groups excluding carboxylic acids is 2. The van der Waals surface area contributed by atoms with Crippen molar-refractivity contribution in [2.75, 3.05) is 18.1 Å². The zero-order chi connectivity index (χ0) is 19.5. The second kappa shape index (κ2) is 8.05. The highest BCUT2D eigenvalue weighted by atomic mass is 16.5. The molecule has 1 fully saturated rings. The third kappa shape index (κ3) is 3.61. The van der Waals surface area contributed by atoms with Crippen molar-refractivity contribution in [1.82, 2.24) is 5.32 Å². The maximum absolute atomic E-state index is 12.9. The molecule has 1 aliphatic heterocycles. The summed E-state index contributed by atoms with van der Waals surface area (Å²) in [6, 6.07) is 15.9. The normalized spacial score (nSPS) is 21.3. The van der Waals surface area contributed by atoms with E-state index in [-0.39, 0.29) is 30.2 Å². The summed E-state index contributed by atoms with van der Waals surface area (Å²) in [5.74, 6) is 0.277. The molecule has 0 unspecified atom stereocenters. The molecule has 0 saturated carbocycles. The van der Waals surface area contributed by atoms with E-state index in [1.165, 1.54) is 11.1 Å². The SMILES string of the molecule is CCOc1ccccc1N1C[C@@H](C(=O)N[C@H]2CCCc3ccccc32)CC1=O. The summed E-state index contributed by atoms with van der Waals surface area (Å²) in [7, 11) is 0. The van der Waals surface area contributed by atoms with Gasteiger partial charge in [-0.1, -0.05) is 36.4 Å². The first-order valence-corrected chi connectivity index (χ1v) is 10.1. The molecule has 1 aliphatic carbocycles. The Labute approximate surface area is 165 Å². The molecular weight excluding hydrogens is 352 g/mol. The summed E-state index contributed by atoms with van der Waals surface area (Å²) in [4.78, 5) is 27.2. The molecule has 2 amide bonds. The van der Waals surface area contributed by atoms with Gasteiger partial charge in [0.2, 0.25) is 11.8 Å². The highest BCUT2D eigenvalue weighted by Gasteiger charge is 2.37. The summed E-state index contributed by atoms with van der Waals surface area (Å²) in [6.07, 6.45) is 3.31. The Kier molecular flexibility index (Phi) is 5.33. The lowest BCUT2D eigenvalue weighted by atomic mass is 9.87. The van der Waals surface area contributed by atoms with Crippen molar-refractivity contribution in [3.63, 3.8) is 0 Å². The summed E-state index contributed by atoms with van der Waals surface area (Å²) < 4.78 is 5.66. The first kappa shape index (κ1) is 18.5. The molecule has 0 aromatic heterocycles. The quantitative estimate of drug-likeness (QED) is 0.864. The van der Waals surface area contributed by atoms with Gasteiger partial charge in [-0.2, -0.15) is 0 Å². The zero-order valence-corrected chi connectivity index (χ0v) is 16.2. The lowest BCUT2D eigenvalue weighted by Crippen LogP contribution is -2.36. The Morgan fingerprint density at radius 3 is 2.82 bits per heavy atom. The Morgan fingerprint density at radius 1 is 1.18 bits per heavy atom. The minimum atomic E-state index is -0.337. The van der Waals surface area contributed by atoms with E-state index in [0.29, 0.717) is 18.9 Å². The predicted molar refractivity (Wildman–Crippen MR) is 108 cm³/mol. The Morgan fingerprint density at radius 2 is 1.96 bits per heavy atom. The Balaban J connectivity index is 1.47. The number of ether oxygens (including phenoxy) is 1. The minimum Gasteiger partial charge on any atom is -0.492 e. The largest absolute Gasteiger partial charge is 0.492 e. The number of nitrogens with one attached hydrogen (secondary N) is 1. The van der Waals surface area contributed by atoms with Crippen LogP contribution in [-0.2, 0) is 16.0 Å². The lowest BCUT2D eigenvalue weighted by molar-refractivity contribution is -0.127. The number of carbonyl (C=O) groups is 2. The van der Waals surface area contributed by atoms with Gasteiger partial charge in [-0.3, -0.25) is 9.59 Å². The van der Waals surface area contributed by atoms with Crippen molar-refractivity contribution in [1.29, 1.82) is 0 Å². The van der Waals surface area contributed by atoms with E-state index in [4.69, 9.17) is 4.74 Å². The number of nitrogens with zero attached hydrogens (tertiary/aromatic N) is 1. The first-order chi connectivity index (χ1) is 13.7. The van der Waals surface area contributed by atoms with Gasteiger partial charge in [-0.25, -0.2) is 0 Å². The first-order valence-electron chi connectivity index (χ1n) is 10.1. The molecule has 0 bridgehead atoms. The molecule has 1 N–H and O–H groups in total. The van der Waals surface area contributed by atoms with Crippen LogP contribution in [0.15, 0.2) is 48.5 Å². The third-order valence-corrected chi connectivity index (χ3v) is 5.64. The average molecular weight is 378 g/mol. The molecule has 2 atom stereocenters. The molecule has 1 saturated heterocycles. The molecule has 2 aliphatic rings. The molecule has 0 radical (unpaired) electrons. The van der Waals surface area contributed by atoms with Crippen molar-refractivity contribution in [3.8, 4) is 5.75 Å². The highest BCUT2D eigenvalue weighted by Crippen LogP contribution is 2.34. The van der Waals surface area contributed by atoms with Gasteiger partial charge >= 0.3 is 0 Å². The van der Waals surface area contributed by atoms with E-state index >= 15 is 0 Å². The molecule has 5 nitrogen and oxygen atoms in total. The number of benzene rings is 2. The van der Waals surface area contributed by atoms with E-state index < -0.39 is 0 Å². The number of hydrogen-bond acceptors (Lipinski definition) is 3. The van der Waals surface area contributed by atoms with Crippen LogP contribution in [0.25, 0.3) is 0 Å². The van der Waals surface area contributed by atoms with Gasteiger partial charge in [0, 0.05) is 13.0 Å². The van der Waals surface area contributed by atoms with Gasteiger partial charge in [0.05, 0.1) is 24.3 Å². The van der Waals surface area contributed by atoms with Gasteiger partial charge in [0.25, 0.3) is 0 Å². The van der Waals surface area contributed by atoms with Crippen LogP contribution in [0.4, 0.5) is 5.69 Å². The number of amides is 2. The van der Waals surface area contributed by atoms with Crippen molar-refractivity contribution in [3.05, 3.63) is 59.7 Å². The summed E-state index contributed by atoms with van der Waals surface area (Å²) in [5.41, 5.74) is 3.27. The van der Waals surface area contributed by atoms with Gasteiger partial charge in [-0.05, 0) is 49.4 Å². The maximum Gasteiger partial charge on any atom is 0.227 e. The maximum atomic E-state index is 12.9. The standard InChI is InChI=1S/C23H26N2O3/c1-2-28-21-13-6-5-12-20(21)25-15-17(14-22(25)26)23(27)24-19-11-7-9-16-8-3-4-10-18(16)19/h3-6,8,10,12-13,17,19H,2,7,9,11,14-15H2,1H3,(H,24,27)/t17-,19-/m0/s1. The molecule has 28 heavy (non-hydrogen) atoms. The summed E-state index contributed by atoms with van der Waals surface area (Å²) in [5, 5.41) is 3.20. The van der Waals surface area contributed by atoms with Crippen molar-refractivity contribution in [2.45, 2.75) is 38.6 Å². The topological polar surface area (TPSA) is 58.6 Å². The van der Waals surface area contributed by atoms with Gasteiger partial charge in [-0.15, -0.1) is 0 Å². The fourth-order valence-electron chi connectivity index (χ4n) is 4.27. The monoisotopic (exact) mass is 378 g/mol. The van der Waals surface area contributed by atoms with E-state index in [1.807, 2.05) is 43.3 Å². The molecule has 2 aromatic rings. The van der Waals surface area contributed by atoms with Crippen molar-refractivity contribution in [2.24, 2.45) is 5.92 Å². The number of para-hydroxylation sites is 2. The number of hydrogen-bond donors (Lipinski definition) is 1. The molecular formula is C23H26N2O3. The smallest absolute Gasteiger partial charge is 0.227 e. The molecule has 0 spiro atoms. The van der Waals surface area contributed by atoms with Crippen LogP contribution < -0.4 is 15.0 Å². The second-order valence-corrected chi connectivity index (χ2v) is 7.46. The van der Waals surface area contributed by atoms with Crippen LogP contribution in [-0.4, -0.2) is 25.0 Å². The number of anilines is 1. The van der Waals surface area contributed by atoms with Crippen LogP contribution in [0.1, 0.15) is 43.4 Å². The van der Waals surface area contributed by atoms with Gasteiger partial charge < -0.3 is 15.0 Å². The van der Waals surface area contributed by atoms with Crippen LogP contribution in [0.2, 0.25) is 0 Å². The third-order valence-electron chi connectivity index (χ3n) is 5.64. The van der Waals surface area contributed by atoms with E-state index in [2.05, 4.69) is 17.4 Å². The van der Waals surface area contributed by atoms with E-state index in [9.17, 15) is 9.59 Å².